The molecule has 0 aromatic rings. The molecule has 95 valence electrons. The molecule has 0 saturated carbocycles. The van der Waals surface area contributed by atoms with Crippen LogP contribution in [0.3, 0.4) is 0 Å². The maximum atomic E-state index is 11.2. The Morgan fingerprint density at radius 1 is 1.24 bits per heavy atom. The number of aliphatic carboxylic acids is 1. The molecule has 0 aromatic heterocycles. The molecule has 0 fully saturated rings. The number of carboxylic acids is 1. The molecule has 0 rings (SSSR count). The standard InChI is InChI=1S/C10H16NO4S.Ac/c1-6(12)3-8(7(2)13)4-16-5-9(11)10(14)15;/h8-9,11H,3-5H2,1-2H3,(H,14,15);/q-1;. The minimum absolute atomic E-state index is 0. The van der Waals surface area contributed by atoms with Crippen molar-refractivity contribution >= 4 is 29.3 Å². The van der Waals surface area contributed by atoms with Gasteiger partial charge < -0.3 is 15.6 Å². The Hall–Kier alpha value is 0.562. The fraction of sp³-hybridized carbons (Fsp3) is 0.700. The van der Waals surface area contributed by atoms with Crippen molar-refractivity contribution in [3.05, 3.63) is 5.73 Å². The van der Waals surface area contributed by atoms with Crippen LogP contribution in [-0.2, 0) is 14.4 Å². The van der Waals surface area contributed by atoms with Gasteiger partial charge in [-0.3, -0.25) is 9.59 Å². The zero-order valence-corrected chi connectivity index (χ0v) is 15.5. The van der Waals surface area contributed by atoms with E-state index >= 15 is 0 Å². The van der Waals surface area contributed by atoms with E-state index in [1.165, 1.54) is 25.6 Å². The molecule has 0 spiro atoms. The van der Waals surface area contributed by atoms with Crippen LogP contribution in [0.15, 0.2) is 0 Å². The number of carboxylic acid groups (broad SMARTS) is 1. The summed E-state index contributed by atoms with van der Waals surface area (Å²) in [5, 5.41) is 8.48. The van der Waals surface area contributed by atoms with Crippen LogP contribution in [0.2, 0.25) is 0 Å². The molecule has 17 heavy (non-hydrogen) atoms. The van der Waals surface area contributed by atoms with Crippen molar-refractivity contribution in [3.8, 4) is 0 Å². The average molecular weight is 473 g/mol. The van der Waals surface area contributed by atoms with E-state index in [0.29, 0.717) is 5.75 Å². The van der Waals surface area contributed by atoms with Gasteiger partial charge in [-0.1, -0.05) is 0 Å². The summed E-state index contributed by atoms with van der Waals surface area (Å²) in [4.78, 5) is 32.4. The predicted molar refractivity (Wildman–Crippen MR) is 62.5 cm³/mol. The van der Waals surface area contributed by atoms with Gasteiger partial charge in [-0.15, -0.1) is 0 Å². The molecule has 0 amide bonds. The largest absolute Gasteiger partial charge is 0.665 e. The SMILES string of the molecule is CC(=O)CC(CSCC([NH-])C(=O)O)C(C)=O.[Ac]. The molecule has 0 aliphatic rings. The number of ketones is 2. The maximum Gasteiger partial charge on any atom is 0.286 e. The van der Waals surface area contributed by atoms with Crippen LogP contribution in [-0.4, -0.2) is 40.2 Å². The fourth-order valence-corrected chi connectivity index (χ4v) is 2.22. The van der Waals surface area contributed by atoms with Crippen LogP contribution in [0.4, 0.5) is 0 Å². The van der Waals surface area contributed by atoms with Gasteiger partial charge in [0.1, 0.15) is 11.6 Å². The van der Waals surface area contributed by atoms with Crippen molar-refractivity contribution < 1.29 is 63.6 Å². The van der Waals surface area contributed by atoms with E-state index in [0.717, 1.165) is 0 Å². The molecule has 0 aliphatic carbocycles. The Labute approximate surface area is 141 Å². The number of nitrogens with one attached hydrogen (secondary N) is 1. The monoisotopic (exact) mass is 473 g/mol. The molecule has 2 N–H and O–H groups in total. The zero-order chi connectivity index (χ0) is 12.7. The third kappa shape index (κ3) is 10.2. The molecular formula is C10H16AcNO4S-. The minimum atomic E-state index is -1.17. The zero-order valence-electron chi connectivity index (χ0n) is 9.93. The predicted octanol–water partition coefficient (Wildman–Crippen LogP) is 1.41. The minimum Gasteiger partial charge on any atom is -0.665 e. The van der Waals surface area contributed by atoms with E-state index in [4.69, 9.17) is 10.8 Å². The molecular weight excluding hydrogens is 457 g/mol. The molecule has 2 atom stereocenters. The summed E-state index contributed by atoms with van der Waals surface area (Å²) in [5.41, 5.74) is 7.15. The number of rotatable bonds is 8. The number of hydrogen-bond acceptors (Lipinski definition) is 4. The summed E-state index contributed by atoms with van der Waals surface area (Å²) < 4.78 is 0. The molecule has 1 radical (unpaired) electrons. The van der Waals surface area contributed by atoms with Crippen molar-refractivity contribution in [1.29, 1.82) is 0 Å². The van der Waals surface area contributed by atoms with Gasteiger partial charge in [0.15, 0.2) is 0 Å². The molecule has 0 aliphatic heterocycles. The summed E-state index contributed by atoms with van der Waals surface area (Å²) in [6.07, 6.45) is 0.193. The maximum absolute atomic E-state index is 11.2. The van der Waals surface area contributed by atoms with Crippen LogP contribution in [0.5, 0.6) is 0 Å². The van der Waals surface area contributed by atoms with E-state index in [2.05, 4.69) is 0 Å². The Balaban J connectivity index is 0. The quantitative estimate of drug-likeness (QED) is 0.576. The number of carbonyl (C=O) groups excluding carboxylic acids is 2. The Bertz CT molecular complexity index is 285. The number of thioether (sulfide) groups is 1. The number of hydrogen-bond donors (Lipinski definition) is 1. The molecule has 5 nitrogen and oxygen atoms in total. The third-order valence-electron chi connectivity index (χ3n) is 2.01. The first-order valence-electron chi connectivity index (χ1n) is 4.86. The molecule has 0 bridgehead atoms. The molecule has 0 heterocycles. The Kier molecular flexibility index (Phi) is 12.3. The summed E-state index contributed by atoms with van der Waals surface area (Å²) in [7, 11) is 0. The Morgan fingerprint density at radius 2 is 1.76 bits per heavy atom. The molecule has 0 aromatic carbocycles. The summed E-state index contributed by atoms with van der Waals surface area (Å²) in [6, 6.07) is -1.17. The van der Waals surface area contributed by atoms with Gasteiger partial charge in [-0.2, -0.15) is 11.8 Å². The third-order valence-corrected chi connectivity index (χ3v) is 3.22. The molecule has 0 saturated heterocycles. The summed E-state index contributed by atoms with van der Waals surface area (Å²) >= 11 is 1.23. The van der Waals surface area contributed by atoms with Crippen LogP contribution in [0, 0.1) is 50.0 Å². The second kappa shape index (κ2) is 10.5. The van der Waals surface area contributed by atoms with Gasteiger partial charge in [0.2, 0.25) is 0 Å². The van der Waals surface area contributed by atoms with Gasteiger partial charge in [-0.05, 0) is 25.6 Å². The van der Waals surface area contributed by atoms with E-state index in [-0.39, 0.29) is 73.7 Å². The van der Waals surface area contributed by atoms with Crippen molar-refractivity contribution in [2.45, 2.75) is 26.3 Å². The first-order valence-corrected chi connectivity index (χ1v) is 6.01. The molecule has 2 unspecified atom stereocenters. The second-order valence-corrected chi connectivity index (χ2v) is 4.72. The summed E-state index contributed by atoms with van der Waals surface area (Å²) in [5.74, 6) is -1.11. The van der Waals surface area contributed by atoms with Crippen molar-refractivity contribution in [2.24, 2.45) is 5.92 Å². The second-order valence-electron chi connectivity index (χ2n) is 3.64. The topological polar surface area (TPSA) is 95.2 Å². The average Bonchev–Trinajstić information content (AvgIpc) is 2.14. The van der Waals surface area contributed by atoms with E-state index in [9.17, 15) is 14.4 Å². The number of Topliss-reactive ketones (excluding diaryl/α,β-unsaturated/α-hetero) is 2. The van der Waals surface area contributed by atoms with Gasteiger partial charge in [0, 0.05) is 62.2 Å². The normalized spacial score (nSPS) is 13.4. The first-order chi connectivity index (χ1) is 7.34. The van der Waals surface area contributed by atoms with Crippen molar-refractivity contribution in [2.75, 3.05) is 11.5 Å². The van der Waals surface area contributed by atoms with E-state index in [1.54, 1.807) is 0 Å². The first kappa shape index (κ1) is 19.9. The van der Waals surface area contributed by atoms with Crippen LogP contribution in [0.25, 0.3) is 5.73 Å². The van der Waals surface area contributed by atoms with E-state index < -0.39 is 12.0 Å². The van der Waals surface area contributed by atoms with Crippen LogP contribution in [0.1, 0.15) is 20.3 Å². The molecule has 7 heteroatoms. The van der Waals surface area contributed by atoms with Crippen LogP contribution >= 0.6 is 11.8 Å². The van der Waals surface area contributed by atoms with Gasteiger partial charge >= 0.3 is 0 Å². The van der Waals surface area contributed by atoms with Crippen molar-refractivity contribution in [3.63, 3.8) is 0 Å². The fourth-order valence-electron chi connectivity index (χ4n) is 1.07. The van der Waals surface area contributed by atoms with E-state index in [1.807, 2.05) is 0 Å². The Morgan fingerprint density at radius 3 is 2.12 bits per heavy atom. The smallest absolute Gasteiger partial charge is 0.286 e. The van der Waals surface area contributed by atoms with Crippen molar-refractivity contribution in [1.82, 2.24) is 0 Å². The number of carbonyl (C=O) groups is 3. The van der Waals surface area contributed by atoms with Gasteiger partial charge in [0.25, 0.3) is 5.97 Å². The van der Waals surface area contributed by atoms with Gasteiger partial charge in [0.05, 0.1) is 0 Å². The summed E-state index contributed by atoms with van der Waals surface area (Å²) in [6.45, 7) is 2.84. The van der Waals surface area contributed by atoms with Gasteiger partial charge in [-0.25, -0.2) is 0 Å². The van der Waals surface area contributed by atoms with Crippen LogP contribution < -0.4 is 0 Å².